The van der Waals surface area contributed by atoms with Gasteiger partial charge in [0.2, 0.25) is 5.88 Å². The molecule has 0 aliphatic heterocycles. The van der Waals surface area contributed by atoms with Gasteiger partial charge in [-0.05, 0) is 92.9 Å². The number of pyridine rings is 1. The lowest BCUT2D eigenvalue weighted by atomic mass is 9.47. The number of aliphatic hydroxyl groups excluding tert-OH is 1. The highest BCUT2D eigenvalue weighted by molar-refractivity contribution is 5.25. The van der Waals surface area contributed by atoms with Crippen LogP contribution in [0.25, 0.3) is 0 Å². The molecule has 1 heterocycles. The number of hydrogen-bond acceptors (Lipinski definition) is 3. The number of ether oxygens (including phenoxy) is 1. The monoisotopic (exact) mass is 395 g/mol. The molecule has 5 rings (SSSR count). The third kappa shape index (κ3) is 3.07. The average molecular weight is 396 g/mol. The number of fused-ring (bicyclic) bond motifs is 5. The van der Waals surface area contributed by atoms with E-state index in [1.807, 2.05) is 24.4 Å². The van der Waals surface area contributed by atoms with Crippen molar-refractivity contribution in [2.24, 2.45) is 34.5 Å². The molecule has 4 aliphatic rings. The maximum absolute atomic E-state index is 10.2. The van der Waals surface area contributed by atoms with Gasteiger partial charge in [0.15, 0.2) is 0 Å². The summed E-state index contributed by atoms with van der Waals surface area (Å²) in [6.07, 6.45) is 14.1. The van der Waals surface area contributed by atoms with Crippen molar-refractivity contribution in [3.8, 4) is 5.88 Å². The molecule has 1 aromatic heterocycles. The van der Waals surface area contributed by atoms with E-state index < -0.39 is 0 Å². The van der Waals surface area contributed by atoms with Gasteiger partial charge in [-0.25, -0.2) is 4.98 Å². The van der Waals surface area contributed by atoms with Crippen LogP contribution in [0.15, 0.2) is 36.0 Å². The number of aliphatic hydroxyl groups is 1. The molecular formula is C26H37NO2. The normalized spacial score (nSPS) is 44.8. The SMILES string of the molecule is C[C@H](Oc1ccccn1)[C@H]1CC[C@H]2[C@@H]3CC=C4C[C@@H](O)CC[C@]4(C)[C@H]3CC[C@]12C. The van der Waals surface area contributed by atoms with E-state index in [0.29, 0.717) is 16.7 Å². The molecule has 0 bridgehead atoms. The maximum Gasteiger partial charge on any atom is 0.213 e. The molecule has 4 aliphatic carbocycles. The van der Waals surface area contributed by atoms with Crippen LogP contribution in [0, 0.1) is 34.5 Å². The van der Waals surface area contributed by atoms with Gasteiger partial charge >= 0.3 is 0 Å². The fraction of sp³-hybridized carbons (Fsp3) is 0.731. The molecular weight excluding hydrogens is 358 g/mol. The summed E-state index contributed by atoms with van der Waals surface area (Å²) in [6.45, 7) is 7.35. The Balaban J connectivity index is 1.37. The number of rotatable bonds is 3. The highest BCUT2D eigenvalue weighted by atomic mass is 16.5. The molecule has 29 heavy (non-hydrogen) atoms. The van der Waals surface area contributed by atoms with Gasteiger partial charge < -0.3 is 9.84 Å². The first-order chi connectivity index (χ1) is 13.9. The Morgan fingerprint density at radius 3 is 2.76 bits per heavy atom. The Hall–Kier alpha value is -1.35. The van der Waals surface area contributed by atoms with Gasteiger partial charge in [0.05, 0.1) is 6.10 Å². The maximum atomic E-state index is 10.2. The van der Waals surface area contributed by atoms with Crippen molar-refractivity contribution >= 4 is 0 Å². The Morgan fingerprint density at radius 1 is 1.10 bits per heavy atom. The van der Waals surface area contributed by atoms with Crippen LogP contribution in [0.2, 0.25) is 0 Å². The van der Waals surface area contributed by atoms with Gasteiger partial charge in [-0.3, -0.25) is 0 Å². The molecule has 0 aromatic carbocycles. The van der Waals surface area contributed by atoms with Crippen LogP contribution in [-0.2, 0) is 0 Å². The minimum atomic E-state index is -0.111. The van der Waals surface area contributed by atoms with Crippen LogP contribution >= 0.6 is 0 Å². The van der Waals surface area contributed by atoms with Crippen molar-refractivity contribution in [2.45, 2.75) is 84.3 Å². The molecule has 3 saturated carbocycles. The summed E-state index contributed by atoms with van der Waals surface area (Å²) in [5.74, 6) is 3.80. The summed E-state index contributed by atoms with van der Waals surface area (Å²) >= 11 is 0. The van der Waals surface area contributed by atoms with Crippen molar-refractivity contribution in [3.63, 3.8) is 0 Å². The largest absolute Gasteiger partial charge is 0.474 e. The smallest absolute Gasteiger partial charge is 0.213 e. The zero-order valence-electron chi connectivity index (χ0n) is 18.3. The molecule has 0 radical (unpaired) electrons. The number of allylic oxidation sites excluding steroid dienone is 1. The van der Waals surface area contributed by atoms with Gasteiger partial charge in [-0.15, -0.1) is 0 Å². The Labute approximate surface area is 176 Å². The van der Waals surface area contributed by atoms with Crippen LogP contribution in [0.5, 0.6) is 5.88 Å². The second-order valence-electron chi connectivity index (χ2n) is 10.9. The van der Waals surface area contributed by atoms with E-state index >= 15 is 0 Å². The fourth-order valence-electron chi connectivity index (χ4n) is 8.14. The van der Waals surface area contributed by atoms with Crippen LogP contribution in [0.4, 0.5) is 0 Å². The summed E-state index contributed by atoms with van der Waals surface area (Å²) < 4.78 is 6.32. The van der Waals surface area contributed by atoms with Gasteiger partial charge in [-0.2, -0.15) is 0 Å². The minimum Gasteiger partial charge on any atom is -0.474 e. The number of hydrogen-bond donors (Lipinski definition) is 1. The molecule has 158 valence electrons. The second-order valence-corrected chi connectivity index (χ2v) is 10.9. The van der Waals surface area contributed by atoms with Gasteiger partial charge in [0, 0.05) is 18.2 Å². The average Bonchev–Trinajstić information content (AvgIpc) is 3.06. The minimum absolute atomic E-state index is 0.111. The summed E-state index contributed by atoms with van der Waals surface area (Å²) in [7, 11) is 0. The lowest BCUT2D eigenvalue weighted by molar-refractivity contribution is -0.0646. The molecule has 8 atom stereocenters. The van der Waals surface area contributed by atoms with E-state index in [0.717, 1.165) is 36.5 Å². The number of aromatic nitrogens is 1. The van der Waals surface area contributed by atoms with E-state index in [-0.39, 0.29) is 12.2 Å². The molecule has 0 amide bonds. The molecule has 3 nitrogen and oxygen atoms in total. The van der Waals surface area contributed by atoms with Gasteiger partial charge in [0.25, 0.3) is 0 Å². The van der Waals surface area contributed by atoms with E-state index in [4.69, 9.17) is 4.74 Å². The predicted octanol–water partition coefficient (Wildman–Crippen LogP) is 5.79. The summed E-state index contributed by atoms with van der Waals surface area (Å²) in [6, 6.07) is 5.93. The first-order valence-electron chi connectivity index (χ1n) is 11.9. The molecule has 0 spiro atoms. The van der Waals surface area contributed by atoms with Crippen LogP contribution in [0.3, 0.4) is 0 Å². The molecule has 0 saturated heterocycles. The molecule has 3 heteroatoms. The third-order valence-corrected chi connectivity index (χ3v) is 9.66. The summed E-state index contributed by atoms with van der Waals surface area (Å²) in [5, 5.41) is 10.2. The van der Waals surface area contributed by atoms with Crippen LogP contribution in [0.1, 0.15) is 72.1 Å². The lowest BCUT2D eigenvalue weighted by Crippen LogP contribution is -2.51. The summed E-state index contributed by atoms with van der Waals surface area (Å²) in [5.41, 5.74) is 2.28. The highest BCUT2D eigenvalue weighted by Crippen LogP contribution is 2.66. The Morgan fingerprint density at radius 2 is 1.97 bits per heavy atom. The van der Waals surface area contributed by atoms with Gasteiger partial charge in [-0.1, -0.05) is 31.6 Å². The molecule has 1 N–H and O–H groups in total. The van der Waals surface area contributed by atoms with Gasteiger partial charge in [0.1, 0.15) is 6.10 Å². The van der Waals surface area contributed by atoms with E-state index in [9.17, 15) is 5.11 Å². The zero-order valence-corrected chi connectivity index (χ0v) is 18.3. The van der Waals surface area contributed by atoms with E-state index in [2.05, 4.69) is 31.8 Å². The first-order valence-corrected chi connectivity index (χ1v) is 11.9. The Kier molecular flexibility index (Phi) is 4.81. The third-order valence-electron chi connectivity index (χ3n) is 9.66. The molecule has 1 aromatic rings. The molecule has 3 fully saturated rings. The standard InChI is InChI=1S/C26H37NO2/c1-17(29-24-6-4-5-15-27-24)21-9-10-22-20-8-7-18-16-19(28)11-13-25(18,2)23(20)12-14-26(21,22)3/h4-7,15,17,19-23,28H,8-14,16H2,1-3H3/t17-,19-,20-,21+,22-,23-,25-,26+/m0/s1. The first kappa shape index (κ1) is 19.6. The second kappa shape index (κ2) is 7.11. The van der Waals surface area contributed by atoms with Crippen molar-refractivity contribution in [1.29, 1.82) is 0 Å². The zero-order chi connectivity index (χ0) is 20.2. The van der Waals surface area contributed by atoms with Crippen LogP contribution < -0.4 is 4.74 Å². The summed E-state index contributed by atoms with van der Waals surface area (Å²) in [4.78, 5) is 4.39. The fourth-order valence-corrected chi connectivity index (χ4v) is 8.14. The van der Waals surface area contributed by atoms with E-state index in [1.54, 1.807) is 5.57 Å². The topological polar surface area (TPSA) is 42.4 Å². The quantitative estimate of drug-likeness (QED) is 0.659. The van der Waals surface area contributed by atoms with Crippen molar-refractivity contribution in [1.82, 2.24) is 4.98 Å². The predicted molar refractivity (Wildman–Crippen MR) is 116 cm³/mol. The molecule has 0 unspecified atom stereocenters. The van der Waals surface area contributed by atoms with E-state index in [1.165, 1.54) is 38.5 Å². The Bertz CT molecular complexity index is 776. The van der Waals surface area contributed by atoms with Crippen molar-refractivity contribution in [3.05, 3.63) is 36.0 Å². The van der Waals surface area contributed by atoms with Crippen molar-refractivity contribution in [2.75, 3.05) is 0 Å². The van der Waals surface area contributed by atoms with Crippen molar-refractivity contribution < 1.29 is 9.84 Å². The lowest BCUT2D eigenvalue weighted by Gasteiger charge is -2.58. The number of nitrogens with zero attached hydrogens (tertiary/aromatic N) is 1. The highest BCUT2D eigenvalue weighted by Gasteiger charge is 2.59. The van der Waals surface area contributed by atoms with Crippen LogP contribution in [-0.4, -0.2) is 22.3 Å².